The van der Waals surface area contributed by atoms with Gasteiger partial charge in [0.15, 0.2) is 0 Å². The molecule has 0 aromatic heterocycles. The summed E-state index contributed by atoms with van der Waals surface area (Å²) in [5.41, 5.74) is 2.61. The van der Waals surface area contributed by atoms with Crippen LogP contribution in [-0.2, 0) is 20.0 Å². The standard InChI is InChI=1S/C24H24FN3O4S2/c1-3-33(29,30)27-21-9-6-8-19(15-21)22-16-23(18-11-13-20(25)14-12-18)28(26-22)34(31,32)24-10-5-4-7-17(24)2/h4-15,23,27H,3,16H2,1-2H3/t23-/m1/s1. The Hall–Kier alpha value is -3.24. The zero-order chi connectivity index (χ0) is 24.5. The maximum Gasteiger partial charge on any atom is 0.279 e. The number of anilines is 1. The van der Waals surface area contributed by atoms with Gasteiger partial charge in [0, 0.05) is 12.1 Å². The number of nitrogens with zero attached hydrogens (tertiary/aromatic N) is 2. The molecule has 0 radical (unpaired) electrons. The molecule has 1 N–H and O–H groups in total. The van der Waals surface area contributed by atoms with Crippen LogP contribution in [0.15, 0.2) is 82.8 Å². The summed E-state index contributed by atoms with van der Waals surface area (Å²) in [6.45, 7) is 3.25. The van der Waals surface area contributed by atoms with E-state index in [-0.39, 0.29) is 17.1 Å². The Kier molecular flexibility index (Phi) is 6.46. The minimum atomic E-state index is -4.02. The lowest BCUT2D eigenvalue weighted by Gasteiger charge is -2.24. The minimum absolute atomic E-state index is 0.0761. The number of rotatable bonds is 7. The van der Waals surface area contributed by atoms with E-state index >= 15 is 0 Å². The summed E-state index contributed by atoms with van der Waals surface area (Å²) in [5.74, 6) is -0.500. The first-order valence-corrected chi connectivity index (χ1v) is 13.7. The van der Waals surface area contributed by atoms with E-state index in [1.807, 2.05) is 0 Å². The molecule has 1 heterocycles. The first kappa shape index (κ1) is 23.9. The Balaban J connectivity index is 1.78. The summed E-state index contributed by atoms with van der Waals surface area (Å²) in [6, 6.07) is 18.3. The fourth-order valence-electron chi connectivity index (χ4n) is 3.78. The predicted octanol–water partition coefficient (Wildman–Crippen LogP) is 4.44. The Labute approximate surface area is 199 Å². The number of sulfonamides is 2. The average molecular weight is 502 g/mol. The van der Waals surface area contributed by atoms with Crippen LogP contribution in [0, 0.1) is 12.7 Å². The fourth-order valence-corrected chi connectivity index (χ4v) is 6.07. The Morgan fingerprint density at radius 2 is 1.71 bits per heavy atom. The van der Waals surface area contributed by atoms with Crippen molar-refractivity contribution in [3.05, 3.63) is 95.3 Å². The van der Waals surface area contributed by atoms with Crippen LogP contribution in [0.4, 0.5) is 10.1 Å². The maximum atomic E-state index is 13.6. The number of hydrazone groups is 1. The highest BCUT2D eigenvalue weighted by molar-refractivity contribution is 7.92. The highest BCUT2D eigenvalue weighted by Gasteiger charge is 2.38. The average Bonchev–Trinajstić information content (AvgIpc) is 3.26. The Morgan fingerprint density at radius 1 is 1.00 bits per heavy atom. The highest BCUT2D eigenvalue weighted by Crippen LogP contribution is 2.38. The first-order valence-electron chi connectivity index (χ1n) is 10.6. The third-order valence-corrected chi connectivity index (χ3v) is 8.74. The smallest absolute Gasteiger partial charge is 0.279 e. The first-order chi connectivity index (χ1) is 16.1. The lowest BCUT2D eigenvalue weighted by Crippen LogP contribution is -2.28. The molecule has 0 unspecified atom stereocenters. The lowest BCUT2D eigenvalue weighted by molar-refractivity contribution is 0.371. The van der Waals surface area contributed by atoms with Crippen molar-refractivity contribution < 1.29 is 21.2 Å². The van der Waals surface area contributed by atoms with Crippen LogP contribution in [0.3, 0.4) is 0 Å². The molecule has 34 heavy (non-hydrogen) atoms. The van der Waals surface area contributed by atoms with Crippen LogP contribution in [0.2, 0.25) is 0 Å². The second kappa shape index (κ2) is 9.19. The zero-order valence-corrected chi connectivity index (χ0v) is 20.3. The molecule has 0 amide bonds. The van der Waals surface area contributed by atoms with Gasteiger partial charge in [0.2, 0.25) is 10.0 Å². The second-order valence-electron chi connectivity index (χ2n) is 7.95. The van der Waals surface area contributed by atoms with Crippen molar-refractivity contribution in [1.82, 2.24) is 4.41 Å². The van der Waals surface area contributed by atoms with Crippen molar-refractivity contribution >= 4 is 31.4 Å². The van der Waals surface area contributed by atoms with Crippen molar-refractivity contribution in [1.29, 1.82) is 0 Å². The van der Waals surface area contributed by atoms with Crippen molar-refractivity contribution in [3.63, 3.8) is 0 Å². The van der Waals surface area contributed by atoms with Crippen LogP contribution in [0.1, 0.15) is 36.1 Å². The van der Waals surface area contributed by atoms with Gasteiger partial charge in [-0.3, -0.25) is 4.72 Å². The number of benzene rings is 3. The van der Waals surface area contributed by atoms with Crippen molar-refractivity contribution in [2.24, 2.45) is 5.10 Å². The van der Waals surface area contributed by atoms with Gasteiger partial charge in [-0.05, 0) is 60.9 Å². The van der Waals surface area contributed by atoms with Crippen molar-refractivity contribution in [2.45, 2.75) is 31.2 Å². The zero-order valence-electron chi connectivity index (χ0n) is 18.6. The summed E-state index contributed by atoms with van der Waals surface area (Å²) in [5, 5.41) is 4.48. The van der Waals surface area contributed by atoms with Gasteiger partial charge < -0.3 is 0 Å². The van der Waals surface area contributed by atoms with E-state index in [4.69, 9.17) is 0 Å². The number of aryl methyl sites for hydroxylation is 1. The second-order valence-corrected chi connectivity index (χ2v) is 11.7. The molecule has 3 aromatic carbocycles. The van der Waals surface area contributed by atoms with E-state index < -0.39 is 31.9 Å². The monoisotopic (exact) mass is 501 g/mol. The molecule has 0 aliphatic carbocycles. The van der Waals surface area contributed by atoms with E-state index in [0.29, 0.717) is 28.1 Å². The largest absolute Gasteiger partial charge is 0.284 e. The number of nitrogens with one attached hydrogen (secondary N) is 1. The Morgan fingerprint density at radius 3 is 2.38 bits per heavy atom. The van der Waals surface area contributed by atoms with E-state index in [0.717, 1.165) is 4.41 Å². The molecule has 7 nitrogen and oxygen atoms in total. The molecule has 1 atom stereocenters. The summed E-state index contributed by atoms with van der Waals surface area (Å²) >= 11 is 0. The summed E-state index contributed by atoms with van der Waals surface area (Å²) < 4.78 is 68.3. The van der Waals surface area contributed by atoms with Gasteiger partial charge in [0.05, 0.1) is 22.4 Å². The molecule has 178 valence electrons. The highest BCUT2D eigenvalue weighted by atomic mass is 32.2. The molecule has 3 aromatic rings. The number of halogens is 1. The van der Waals surface area contributed by atoms with Crippen LogP contribution in [0.25, 0.3) is 0 Å². The third kappa shape index (κ3) is 4.83. The SMILES string of the molecule is CCS(=O)(=O)Nc1cccc(C2=NN(S(=O)(=O)c3ccccc3C)[C@@H](c3ccc(F)cc3)C2)c1. The maximum absolute atomic E-state index is 13.6. The molecule has 1 aliphatic rings. The van der Waals surface area contributed by atoms with E-state index in [1.165, 1.54) is 25.1 Å². The Bertz CT molecular complexity index is 1450. The van der Waals surface area contributed by atoms with E-state index in [1.54, 1.807) is 61.5 Å². The van der Waals surface area contributed by atoms with Gasteiger partial charge in [-0.25, -0.2) is 12.8 Å². The molecule has 0 saturated heterocycles. The molecule has 0 spiro atoms. The molecule has 0 bridgehead atoms. The fraction of sp³-hybridized carbons (Fsp3) is 0.208. The third-order valence-electron chi connectivity index (χ3n) is 5.59. The normalized spacial score (nSPS) is 16.4. The van der Waals surface area contributed by atoms with Gasteiger partial charge in [-0.2, -0.15) is 17.9 Å². The number of hydrogen-bond acceptors (Lipinski definition) is 5. The summed E-state index contributed by atoms with van der Waals surface area (Å²) in [7, 11) is -7.50. The van der Waals surface area contributed by atoms with Gasteiger partial charge in [0.1, 0.15) is 5.82 Å². The lowest BCUT2D eigenvalue weighted by atomic mass is 9.99. The molecule has 0 fully saturated rings. The van der Waals surface area contributed by atoms with Crippen molar-refractivity contribution in [3.8, 4) is 0 Å². The molecule has 10 heteroatoms. The van der Waals surface area contributed by atoms with Crippen LogP contribution >= 0.6 is 0 Å². The van der Waals surface area contributed by atoms with Crippen LogP contribution < -0.4 is 4.72 Å². The topological polar surface area (TPSA) is 95.9 Å². The minimum Gasteiger partial charge on any atom is -0.284 e. The van der Waals surface area contributed by atoms with Gasteiger partial charge in [-0.1, -0.05) is 42.5 Å². The summed E-state index contributed by atoms with van der Waals surface area (Å²) in [4.78, 5) is 0.136. The molecular formula is C24H24FN3O4S2. The summed E-state index contributed by atoms with van der Waals surface area (Å²) in [6.07, 6.45) is 0.237. The van der Waals surface area contributed by atoms with Gasteiger partial charge >= 0.3 is 0 Å². The molecule has 0 saturated carbocycles. The van der Waals surface area contributed by atoms with Crippen LogP contribution in [0.5, 0.6) is 0 Å². The van der Waals surface area contributed by atoms with Gasteiger partial charge in [-0.15, -0.1) is 0 Å². The van der Waals surface area contributed by atoms with E-state index in [9.17, 15) is 21.2 Å². The van der Waals surface area contributed by atoms with Crippen molar-refractivity contribution in [2.75, 3.05) is 10.5 Å². The van der Waals surface area contributed by atoms with Crippen LogP contribution in [-0.4, -0.2) is 32.7 Å². The molecule has 4 rings (SSSR count). The van der Waals surface area contributed by atoms with Gasteiger partial charge in [0.25, 0.3) is 10.0 Å². The van der Waals surface area contributed by atoms with E-state index in [2.05, 4.69) is 9.82 Å². The molecule has 1 aliphatic heterocycles. The molecular weight excluding hydrogens is 477 g/mol. The quantitative estimate of drug-likeness (QED) is 0.518. The number of hydrogen-bond donors (Lipinski definition) is 1. The predicted molar refractivity (Wildman–Crippen MR) is 130 cm³/mol.